The standard InChI is InChI=1S/C13H19BrO/c1-3-4-5-6-9-15-12-7-8-13(14)11(2)10-12/h7-8,10H,3-6,9H2,1-2H3. The van der Waals surface area contributed by atoms with Crippen molar-refractivity contribution in [1.29, 1.82) is 0 Å². The molecule has 0 saturated heterocycles. The van der Waals surface area contributed by atoms with E-state index in [4.69, 9.17) is 4.74 Å². The van der Waals surface area contributed by atoms with Gasteiger partial charge in [0.15, 0.2) is 0 Å². The first kappa shape index (κ1) is 12.6. The molecule has 15 heavy (non-hydrogen) atoms. The highest BCUT2D eigenvalue weighted by Gasteiger charge is 1.97. The predicted molar refractivity (Wildman–Crippen MR) is 68.5 cm³/mol. The number of hydrogen-bond donors (Lipinski definition) is 0. The highest BCUT2D eigenvalue weighted by molar-refractivity contribution is 9.10. The van der Waals surface area contributed by atoms with Crippen molar-refractivity contribution in [3.05, 3.63) is 28.2 Å². The average molecular weight is 271 g/mol. The van der Waals surface area contributed by atoms with Gasteiger partial charge in [0.05, 0.1) is 6.61 Å². The minimum Gasteiger partial charge on any atom is -0.494 e. The third kappa shape index (κ3) is 4.70. The molecule has 0 radical (unpaired) electrons. The van der Waals surface area contributed by atoms with Crippen LogP contribution in [0, 0.1) is 6.92 Å². The van der Waals surface area contributed by atoms with Crippen LogP contribution in [0.3, 0.4) is 0 Å². The molecule has 1 nitrogen and oxygen atoms in total. The molecule has 0 amide bonds. The van der Waals surface area contributed by atoms with Crippen LogP contribution < -0.4 is 4.74 Å². The summed E-state index contributed by atoms with van der Waals surface area (Å²) in [5, 5.41) is 0. The Kier molecular flexibility index (Phi) is 5.77. The lowest BCUT2D eigenvalue weighted by Gasteiger charge is -2.07. The fraction of sp³-hybridized carbons (Fsp3) is 0.538. The summed E-state index contributed by atoms with van der Waals surface area (Å²) in [6.07, 6.45) is 5.01. The van der Waals surface area contributed by atoms with Crippen LogP contribution in [0.25, 0.3) is 0 Å². The molecule has 1 rings (SSSR count). The zero-order chi connectivity index (χ0) is 11.1. The summed E-state index contributed by atoms with van der Waals surface area (Å²) in [5.41, 5.74) is 1.22. The number of unbranched alkanes of at least 4 members (excludes halogenated alkanes) is 3. The first-order valence-electron chi connectivity index (χ1n) is 5.63. The van der Waals surface area contributed by atoms with Gasteiger partial charge in [-0.1, -0.05) is 42.1 Å². The monoisotopic (exact) mass is 270 g/mol. The Morgan fingerprint density at radius 2 is 2.00 bits per heavy atom. The number of benzene rings is 1. The average Bonchev–Trinajstić information content (AvgIpc) is 2.23. The molecule has 0 fully saturated rings. The topological polar surface area (TPSA) is 9.23 Å². The van der Waals surface area contributed by atoms with Gasteiger partial charge in [0.1, 0.15) is 5.75 Å². The highest BCUT2D eigenvalue weighted by Crippen LogP contribution is 2.21. The summed E-state index contributed by atoms with van der Waals surface area (Å²) in [5.74, 6) is 0.979. The number of rotatable bonds is 6. The van der Waals surface area contributed by atoms with Crippen molar-refractivity contribution in [3.63, 3.8) is 0 Å². The van der Waals surface area contributed by atoms with Gasteiger partial charge >= 0.3 is 0 Å². The number of hydrogen-bond acceptors (Lipinski definition) is 1. The zero-order valence-corrected chi connectivity index (χ0v) is 11.1. The van der Waals surface area contributed by atoms with E-state index in [2.05, 4.69) is 35.8 Å². The van der Waals surface area contributed by atoms with Crippen molar-refractivity contribution < 1.29 is 4.74 Å². The fourth-order valence-corrected chi connectivity index (χ4v) is 1.67. The molecule has 0 N–H and O–H groups in total. The van der Waals surface area contributed by atoms with Crippen molar-refractivity contribution in [2.24, 2.45) is 0 Å². The van der Waals surface area contributed by atoms with E-state index in [9.17, 15) is 0 Å². The van der Waals surface area contributed by atoms with Crippen LogP contribution in [0.15, 0.2) is 22.7 Å². The largest absolute Gasteiger partial charge is 0.494 e. The fourth-order valence-electron chi connectivity index (χ4n) is 1.43. The van der Waals surface area contributed by atoms with Crippen molar-refractivity contribution in [2.75, 3.05) is 6.61 Å². The SMILES string of the molecule is CCCCCCOc1ccc(Br)c(C)c1. The highest BCUT2D eigenvalue weighted by atomic mass is 79.9. The summed E-state index contributed by atoms with van der Waals surface area (Å²) < 4.78 is 6.81. The molecule has 0 aromatic heterocycles. The van der Waals surface area contributed by atoms with Gasteiger partial charge in [-0.2, -0.15) is 0 Å². The molecule has 0 aliphatic rings. The van der Waals surface area contributed by atoms with Gasteiger partial charge in [-0.3, -0.25) is 0 Å². The Hall–Kier alpha value is -0.500. The van der Waals surface area contributed by atoms with E-state index in [1.165, 1.54) is 24.8 Å². The maximum atomic E-state index is 5.67. The zero-order valence-electron chi connectivity index (χ0n) is 9.55. The van der Waals surface area contributed by atoms with Gasteiger partial charge in [-0.15, -0.1) is 0 Å². The molecule has 2 heteroatoms. The molecule has 0 aliphatic carbocycles. The van der Waals surface area contributed by atoms with Crippen LogP contribution >= 0.6 is 15.9 Å². The quantitative estimate of drug-likeness (QED) is 0.680. The summed E-state index contributed by atoms with van der Waals surface area (Å²) in [7, 11) is 0. The smallest absolute Gasteiger partial charge is 0.119 e. The van der Waals surface area contributed by atoms with Crippen LogP contribution in [0.2, 0.25) is 0 Å². The lowest BCUT2D eigenvalue weighted by atomic mass is 10.2. The van der Waals surface area contributed by atoms with Crippen molar-refractivity contribution >= 4 is 15.9 Å². The van der Waals surface area contributed by atoms with Crippen LogP contribution in [0.1, 0.15) is 38.2 Å². The minimum absolute atomic E-state index is 0.834. The minimum atomic E-state index is 0.834. The molecule has 84 valence electrons. The van der Waals surface area contributed by atoms with Gasteiger partial charge in [0.2, 0.25) is 0 Å². The summed E-state index contributed by atoms with van der Waals surface area (Å²) >= 11 is 3.48. The Bertz CT molecular complexity index is 297. The van der Waals surface area contributed by atoms with Crippen LogP contribution in [0.4, 0.5) is 0 Å². The van der Waals surface area contributed by atoms with Crippen LogP contribution in [-0.4, -0.2) is 6.61 Å². The van der Waals surface area contributed by atoms with E-state index in [0.29, 0.717) is 0 Å². The molecule has 0 aliphatic heterocycles. The van der Waals surface area contributed by atoms with Crippen molar-refractivity contribution in [1.82, 2.24) is 0 Å². The van der Waals surface area contributed by atoms with Crippen LogP contribution in [0.5, 0.6) is 5.75 Å². The second kappa shape index (κ2) is 6.89. The van der Waals surface area contributed by atoms with E-state index < -0.39 is 0 Å². The van der Waals surface area contributed by atoms with E-state index in [0.717, 1.165) is 23.2 Å². The molecule has 0 saturated carbocycles. The Morgan fingerprint density at radius 1 is 1.20 bits per heavy atom. The van der Waals surface area contributed by atoms with E-state index in [-0.39, 0.29) is 0 Å². The van der Waals surface area contributed by atoms with Gasteiger partial charge in [-0.25, -0.2) is 0 Å². The maximum Gasteiger partial charge on any atom is 0.119 e. The second-order valence-electron chi connectivity index (χ2n) is 3.82. The Morgan fingerprint density at radius 3 is 2.67 bits per heavy atom. The van der Waals surface area contributed by atoms with Gasteiger partial charge in [0, 0.05) is 4.47 Å². The van der Waals surface area contributed by atoms with E-state index in [1.54, 1.807) is 0 Å². The maximum absolute atomic E-state index is 5.67. The molecule has 0 unspecified atom stereocenters. The first-order chi connectivity index (χ1) is 7.24. The molecule has 0 bridgehead atoms. The predicted octanol–water partition coefficient (Wildman–Crippen LogP) is 4.72. The number of halogens is 1. The Balaban J connectivity index is 2.28. The van der Waals surface area contributed by atoms with E-state index in [1.807, 2.05) is 12.1 Å². The molecular weight excluding hydrogens is 252 g/mol. The molecular formula is C13H19BrO. The van der Waals surface area contributed by atoms with Gasteiger partial charge in [-0.05, 0) is 37.1 Å². The molecule has 1 aromatic carbocycles. The normalized spacial score (nSPS) is 10.3. The first-order valence-corrected chi connectivity index (χ1v) is 6.42. The lowest BCUT2D eigenvalue weighted by Crippen LogP contribution is -1.97. The summed E-state index contributed by atoms with van der Waals surface area (Å²) in [6, 6.07) is 6.12. The lowest BCUT2D eigenvalue weighted by molar-refractivity contribution is 0.305. The third-order valence-corrected chi connectivity index (χ3v) is 3.29. The summed E-state index contributed by atoms with van der Waals surface area (Å²) in [4.78, 5) is 0. The van der Waals surface area contributed by atoms with Crippen LogP contribution in [-0.2, 0) is 0 Å². The molecule has 0 spiro atoms. The molecule has 1 aromatic rings. The second-order valence-corrected chi connectivity index (χ2v) is 4.67. The van der Waals surface area contributed by atoms with Crippen molar-refractivity contribution in [2.45, 2.75) is 39.5 Å². The molecule has 0 heterocycles. The van der Waals surface area contributed by atoms with Crippen molar-refractivity contribution in [3.8, 4) is 5.75 Å². The number of ether oxygens (including phenoxy) is 1. The molecule has 0 atom stereocenters. The Labute approximate surface area is 101 Å². The summed E-state index contributed by atoms with van der Waals surface area (Å²) in [6.45, 7) is 5.13. The number of aryl methyl sites for hydroxylation is 1. The van der Waals surface area contributed by atoms with E-state index >= 15 is 0 Å². The van der Waals surface area contributed by atoms with Gasteiger partial charge < -0.3 is 4.74 Å². The van der Waals surface area contributed by atoms with Gasteiger partial charge in [0.25, 0.3) is 0 Å². The third-order valence-electron chi connectivity index (χ3n) is 2.40.